The van der Waals surface area contributed by atoms with Crippen LogP contribution in [0.3, 0.4) is 0 Å². The van der Waals surface area contributed by atoms with Gasteiger partial charge < -0.3 is 14.6 Å². The number of hydrogen-bond acceptors (Lipinski definition) is 5. The van der Waals surface area contributed by atoms with Gasteiger partial charge in [0.15, 0.2) is 11.2 Å². The first-order chi connectivity index (χ1) is 11.6. The van der Waals surface area contributed by atoms with Crippen molar-refractivity contribution in [3.05, 3.63) is 20.8 Å². The van der Waals surface area contributed by atoms with Gasteiger partial charge in [-0.15, -0.1) is 0 Å². The summed E-state index contributed by atoms with van der Waals surface area (Å²) >= 11 is 0. The van der Waals surface area contributed by atoms with E-state index >= 15 is 0 Å². The molecule has 0 aromatic carbocycles. The lowest BCUT2D eigenvalue weighted by atomic mass is 9.98. The van der Waals surface area contributed by atoms with Gasteiger partial charge in [-0.1, -0.05) is 19.3 Å². The van der Waals surface area contributed by atoms with E-state index in [4.69, 9.17) is 4.74 Å². The van der Waals surface area contributed by atoms with Crippen molar-refractivity contribution >= 4 is 17.1 Å². The Morgan fingerprint density at radius 1 is 1.21 bits per heavy atom. The second-order valence-corrected chi connectivity index (χ2v) is 6.40. The van der Waals surface area contributed by atoms with Gasteiger partial charge in [0.1, 0.15) is 0 Å². The molecule has 0 aliphatic heterocycles. The first kappa shape index (κ1) is 16.8. The Morgan fingerprint density at radius 2 is 1.96 bits per heavy atom. The molecular formula is C16H25N5O3. The number of H-pyrrole nitrogens is 1. The Hall–Kier alpha value is -2.09. The summed E-state index contributed by atoms with van der Waals surface area (Å²) in [6.45, 7) is 1.43. The number of imidazole rings is 1. The highest BCUT2D eigenvalue weighted by molar-refractivity contribution is 5.73. The van der Waals surface area contributed by atoms with Crippen molar-refractivity contribution in [2.45, 2.75) is 44.6 Å². The van der Waals surface area contributed by atoms with Crippen LogP contribution in [0.5, 0.6) is 0 Å². The van der Waals surface area contributed by atoms with Crippen LogP contribution >= 0.6 is 0 Å². The Bertz CT molecular complexity index is 813. The number of nitrogens with one attached hydrogen (secondary N) is 2. The molecule has 1 saturated carbocycles. The summed E-state index contributed by atoms with van der Waals surface area (Å²) in [5.74, 6) is 0.578. The van der Waals surface area contributed by atoms with Gasteiger partial charge in [-0.2, -0.15) is 4.98 Å². The van der Waals surface area contributed by atoms with E-state index in [9.17, 15) is 9.59 Å². The number of anilines is 1. The molecule has 8 heteroatoms. The number of aromatic amines is 1. The number of ether oxygens (including phenoxy) is 1. The standard InChI is InChI=1S/C16H25N5O3/c1-20-12-13(21(2)16(23)19-14(12)22)18-15(20)17-9-6-10-24-11-7-4-3-5-8-11/h11H,3-10H2,1-2H3,(H,17,18)(H,19,22,23). The molecule has 0 amide bonds. The Labute approximate surface area is 139 Å². The minimum absolute atomic E-state index is 0.382. The first-order valence-corrected chi connectivity index (χ1v) is 8.59. The minimum atomic E-state index is -0.460. The molecule has 2 N–H and O–H groups in total. The van der Waals surface area contributed by atoms with Crippen molar-refractivity contribution in [3.8, 4) is 0 Å². The summed E-state index contributed by atoms with van der Waals surface area (Å²) < 4.78 is 8.91. The molecule has 1 aliphatic rings. The quantitative estimate of drug-likeness (QED) is 0.771. The van der Waals surface area contributed by atoms with Crippen LogP contribution in [0.25, 0.3) is 11.2 Å². The molecule has 8 nitrogen and oxygen atoms in total. The molecule has 2 aromatic rings. The van der Waals surface area contributed by atoms with Crippen LogP contribution in [0.1, 0.15) is 38.5 Å². The maximum atomic E-state index is 12.0. The molecule has 132 valence electrons. The van der Waals surface area contributed by atoms with Crippen molar-refractivity contribution in [1.82, 2.24) is 19.1 Å². The molecule has 0 saturated heterocycles. The number of aryl methyl sites for hydroxylation is 2. The summed E-state index contributed by atoms with van der Waals surface area (Å²) in [7, 11) is 3.35. The third-order valence-corrected chi connectivity index (χ3v) is 4.64. The topological polar surface area (TPSA) is 93.9 Å². The van der Waals surface area contributed by atoms with Gasteiger partial charge in [0, 0.05) is 27.2 Å². The van der Waals surface area contributed by atoms with Gasteiger partial charge in [0.2, 0.25) is 5.95 Å². The average molecular weight is 335 g/mol. The molecule has 1 aliphatic carbocycles. The van der Waals surface area contributed by atoms with Gasteiger partial charge in [-0.05, 0) is 19.3 Å². The Balaban J connectivity index is 1.58. The van der Waals surface area contributed by atoms with Crippen LogP contribution in [0, 0.1) is 0 Å². The smallest absolute Gasteiger partial charge is 0.329 e. The van der Waals surface area contributed by atoms with Crippen LogP contribution in [0.4, 0.5) is 5.95 Å². The van der Waals surface area contributed by atoms with Crippen molar-refractivity contribution in [3.63, 3.8) is 0 Å². The number of nitrogens with zero attached hydrogens (tertiary/aromatic N) is 3. The van der Waals surface area contributed by atoms with E-state index in [2.05, 4.69) is 15.3 Å². The summed E-state index contributed by atoms with van der Waals surface area (Å²) in [6, 6.07) is 0. The normalized spacial score (nSPS) is 15.9. The van der Waals surface area contributed by atoms with Crippen molar-refractivity contribution in [1.29, 1.82) is 0 Å². The highest BCUT2D eigenvalue weighted by Crippen LogP contribution is 2.20. The van der Waals surface area contributed by atoms with E-state index < -0.39 is 11.2 Å². The minimum Gasteiger partial charge on any atom is -0.378 e. The van der Waals surface area contributed by atoms with Crippen molar-refractivity contribution < 1.29 is 4.74 Å². The zero-order valence-corrected chi connectivity index (χ0v) is 14.3. The number of hydrogen-bond donors (Lipinski definition) is 2. The molecular weight excluding hydrogens is 310 g/mol. The maximum Gasteiger partial charge on any atom is 0.329 e. The molecule has 0 bridgehead atoms. The van der Waals surface area contributed by atoms with Gasteiger partial charge in [-0.25, -0.2) is 4.79 Å². The van der Waals surface area contributed by atoms with Gasteiger partial charge in [0.05, 0.1) is 6.10 Å². The summed E-state index contributed by atoms with van der Waals surface area (Å²) in [6.07, 6.45) is 7.52. The fourth-order valence-electron chi connectivity index (χ4n) is 3.22. The van der Waals surface area contributed by atoms with E-state index in [-0.39, 0.29) is 0 Å². The number of rotatable bonds is 6. The third-order valence-electron chi connectivity index (χ3n) is 4.64. The molecule has 0 atom stereocenters. The van der Waals surface area contributed by atoms with E-state index in [1.54, 1.807) is 18.7 Å². The summed E-state index contributed by atoms with van der Waals surface area (Å²) in [4.78, 5) is 30.3. The molecule has 0 spiro atoms. The zero-order chi connectivity index (χ0) is 17.1. The van der Waals surface area contributed by atoms with Crippen LogP contribution < -0.4 is 16.6 Å². The lowest BCUT2D eigenvalue weighted by molar-refractivity contribution is 0.0284. The highest BCUT2D eigenvalue weighted by Gasteiger charge is 2.15. The second-order valence-electron chi connectivity index (χ2n) is 6.40. The predicted octanol–water partition coefficient (Wildman–Crippen LogP) is 1.11. The third kappa shape index (κ3) is 3.38. The van der Waals surface area contributed by atoms with Crippen LogP contribution in [0.15, 0.2) is 9.59 Å². The van der Waals surface area contributed by atoms with Crippen LogP contribution in [-0.4, -0.2) is 38.4 Å². The first-order valence-electron chi connectivity index (χ1n) is 8.59. The zero-order valence-electron chi connectivity index (χ0n) is 14.3. The molecule has 24 heavy (non-hydrogen) atoms. The van der Waals surface area contributed by atoms with E-state index in [0.29, 0.717) is 29.8 Å². The molecule has 3 rings (SSSR count). The lowest BCUT2D eigenvalue weighted by Crippen LogP contribution is -2.29. The predicted molar refractivity (Wildman–Crippen MR) is 92.5 cm³/mol. The summed E-state index contributed by atoms with van der Waals surface area (Å²) in [5.41, 5.74) is -0.111. The Kier molecular flexibility index (Phi) is 5.03. The lowest BCUT2D eigenvalue weighted by Gasteiger charge is -2.21. The average Bonchev–Trinajstić information content (AvgIpc) is 2.91. The molecule has 2 heterocycles. The number of aromatic nitrogens is 4. The summed E-state index contributed by atoms with van der Waals surface area (Å²) in [5, 5.41) is 3.22. The highest BCUT2D eigenvalue weighted by atomic mass is 16.5. The van der Waals surface area contributed by atoms with E-state index in [1.807, 2.05) is 0 Å². The van der Waals surface area contributed by atoms with E-state index in [1.165, 1.54) is 36.7 Å². The van der Waals surface area contributed by atoms with E-state index in [0.717, 1.165) is 13.0 Å². The SMILES string of the molecule is Cn1c(NCCCOC2CCCCC2)nc2c1c(=O)[nH]c(=O)n2C. The van der Waals surface area contributed by atoms with Crippen LogP contribution in [-0.2, 0) is 18.8 Å². The van der Waals surface area contributed by atoms with Crippen molar-refractivity contribution in [2.75, 3.05) is 18.5 Å². The molecule has 0 unspecified atom stereocenters. The monoisotopic (exact) mass is 335 g/mol. The van der Waals surface area contributed by atoms with Crippen LogP contribution in [0.2, 0.25) is 0 Å². The fourth-order valence-corrected chi connectivity index (χ4v) is 3.22. The fraction of sp³-hybridized carbons (Fsp3) is 0.688. The van der Waals surface area contributed by atoms with Crippen molar-refractivity contribution in [2.24, 2.45) is 14.1 Å². The molecule has 1 fully saturated rings. The molecule has 2 aromatic heterocycles. The Morgan fingerprint density at radius 3 is 2.71 bits per heavy atom. The van der Waals surface area contributed by atoms with Gasteiger partial charge in [-0.3, -0.25) is 14.3 Å². The van der Waals surface area contributed by atoms with Gasteiger partial charge in [0.25, 0.3) is 5.56 Å². The van der Waals surface area contributed by atoms with Gasteiger partial charge >= 0.3 is 5.69 Å². The maximum absolute atomic E-state index is 12.0. The second kappa shape index (κ2) is 7.21. The largest absolute Gasteiger partial charge is 0.378 e. The molecule has 0 radical (unpaired) electrons. The number of fused-ring (bicyclic) bond motifs is 1.